The summed E-state index contributed by atoms with van der Waals surface area (Å²) in [6, 6.07) is 13.6. The Labute approximate surface area is 174 Å². The van der Waals surface area contributed by atoms with Gasteiger partial charge in [0.15, 0.2) is 0 Å². The third-order valence-corrected chi connectivity index (χ3v) is 5.31. The Balaban J connectivity index is 1.51. The fourth-order valence-corrected chi connectivity index (χ4v) is 3.97. The highest BCUT2D eigenvalue weighted by Gasteiger charge is 2.34. The zero-order valence-corrected chi connectivity index (χ0v) is 16.8. The van der Waals surface area contributed by atoms with Crippen LogP contribution in [0.4, 0.5) is 16.3 Å². The van der Waals surface area contributed by atoms with E-state index in [1.54, 1.807) is 29.3 Å². The van der Waals surface area contributed by atoms with E-state index in [4.69, 9.17) is 4.98 Å². The summed E-state index contributed by atoms with van der Waals surface area (Å²) < 4.78 is 0. The fraction of sp³-hybridized carbons (Fsp3) is 0.273. The lowest BCUT2D eigenvalue weighted by atomic mass is 10.1. The van der Waals surface area contributed by atoms with Gasteiger partial charge in [-0.1, -0.05) is 24.3 Å². The molecule has 2 N–H and O–H groups in total. The van der Waals surface area contributed by atoms with E-state index in [0.717, 1.165) is 16.9 Å². The zero-order valence-electron chi connectivity index (χ0n) is 16.8. The number of nitrogens with zero attached hydrogens (tertiary/aromatic N) is 4. The summed E-state index contributed by atoms with van der Waals surface area (Å²) >= 11 is 0. The molecule has 1 aromatic heterocycles. The number of amides is 2. The summed E-state index contributed by atoms with van der Waals surface area (Å²) in [5.41, 5.74) is 2.03. The molecule has 0 bridgehead atoms. The monoisotopic (exact) mass is 405 g/mol. The third-order valence-electron chi connectivity index (χ3n) is 5.31. The van der Waals surface area contributed by atoms with Gasteiger partial charge in [0.05, 0.1) is 28.5 Å². The van der Waals surface area contributed by atoms with Crippen LogP contribution in [0.1, 0.15) is 24.2 Å². The number of carbonyl (C=O) groups excluding carboxylic acids is 1. The van der Waals surface area contributed by atoms with Crippen LogP contribution >= 0.6 is 0 Å². The van der Waals surface area contributed by atoms with Crippen molar-refractivity contribution in [1.29, 1.82) is 0 Å². The minimum absolute atomic E-state index is 0.0660. The van der Waals surface area contributed by atoms with Crippen LogP contribution in [-0.2, 0) is 0 Å². The summed E-state index contributed by atoms with van der Waals surface area (Å²) in [6.07, 6.45) is 1.76. The number of hydrogen-bond donors (Lipinski definition) is 2. The molecule has 1 aliphatic rings. The van der Waals surface area contributed by atoms with Gasteiger partial charge in [0.1, 0.15) is 5.82 Å². The first-order chi connectivity index (χ1) is 14.4. The number of anilines is 2. The Hall–Kier alpha value is -3.68. The molecule has 1 fully saturated rings. The molecule has 8 heteroatoms. The second-order valence-corrected chi connectivity index (χ2v) is 7.51. The first kappa shape index (κ1) is 19.6. The van der Waals surface area contributed by atoms with Crippen molar-refractivity contribution in [3.63, 3.8) is 0 Å². The van der Waals surface area contributed by atoms with Gasteiger partial charge in [0, 0.05) is 25.2 Å². The van der Waals surface area contributed by atoms with Gasteiger partial charge >= 0.3 is 12.0 Å². The van der Waals surface area contributed by atoms with E-state index < -0.39 is 5.97 Å². The molecule has 0 spiro atoms. The Morgan fingerprint density at radius 3 is 2.33 bits per heavy atom. The summed E-state index contributed by atoms with van der Waals surface area (Å²) in [4.78, 5) is 37.5. The molecule has 2 aromatic carbocycles. The largest absolute Gasteiger partial charge is 0.478 e. The molecule has 3 aromatic rings. The first-order valence-electron chi connectivity index (χ1n) is 9.82. The van der Waals surface area contributed by atoms with Crippen LogP contribution in [0, 0.1) is 0 Å². The van der Waals surface area contributed by atoms with Gasteiger partial charge in [-0.3, -0.25) is 4.98 Å². The van der Waals surface area contributed by atoms with Crippen LogP contribution in [0.5, 0.6) is 0 Å². The Morgan fingerprint density at radius 2 is 1.63 bits per heavy atom. The second-order valence-electron chi connectivity index (χ2n) is 7.51. The lowest BCUT2D eigenvalue weighted by Gasteiger charge is -2.44. The Kier molecular flexibility index (Phi) is 5.22. The minimum atomic E-state index is -1.08. The van der Waals surface area contributed by atoms with Crippen LogP contribution in [0.2, 0.25) is 0 Å². The average molecular weight is 405 g/mol. The molecular weight excluding hydrogens is 382 g/mol. The zero-order chi connectivity index (χ0) is 21.3. The van der Waals surface area contributed by atoms with Crippen LogP contribution in [-0.4, -0.2) is 57.1 Å². The Morgan fingerprint density at radius 1 is 1.00 bits per heavy atom. The van der Waals surface area contributed by atoms with Gasteiger partial charge in [-0.2, -0.15) is 0 Å². The number of carboxylic acids is 1. The summed E-state index contributed by atoms with van der Waals surface area (Å²) in [5.74, 6) is -0.296. The van der Waals surface area contributed by atoms with E-state index in [1.807, 2.05) is 38.1 Å². The molecule has 2 amide bonds. The highest BCUT2D eigenvalue weighted by Crippen LogP contribution is 2.24. The molecule has 2 heterocycles. The number of piperazine rings is 1. The number of benzene rings is 2. The standard InChI is InChI=1S/C22H23N5O3/c1-14-12-26(20-11-23-18-9-5-6-10-19(18)24-20)13-15(2)27(14)22(30)25-17-8-4-3-7-16(17)21(28)29/h3-11,14-15H,12-13H2,1-2H3,(H,25,30)(H,28,29)/t14-,15+. The van der Waals surface area contributed by atoms with Crippen molar-refractivity contribution < 1.29 is 14.7 Å². The first-order valence-corrected chi connectivity index (χ1v) is 9.82. The SMILES string of the molecule is C[C@@H]1CN(c2cnc3ccccc3n2)C[C@H](C)N1C(=O)Nc1ccccc1C(=O)O. The van der Waals surface area contributed by atoms with Gasteiger partial charge in [0.25, 0.3) is 0 Å². The molecule has 30 heavy (non-hydrogen) atoms. The summed E-state index contributed by atoms with van der Waals surface area (Å²) in [7, 11) is 0. The molecule has 8 nitrogen and oxygen atoms in total. The third kappa shape index (κ3) is 3.76. The van der Waals surface area contributed by atoms with Gasteiger partial charge in [-0.15, -0.1) is 0 Å². The number of urea groups is 1. The van der Waals surface area contributed by atoms with Gasteiger partial charge in [-0.05, 0) is 38.1 Å². The maximum absolute atomic E-state index is 13.0. The second kappa shape index (κ2) is 7.98. The van der Waals surface area contributed by atoms with Crippen LogP contribution in [0.25, 0.3) is 11.0 Å². The topological polar surface area (TPSA) is 98.7 Å². The number of nitrogens with one attached hydrogen (secondary N) is 1. The molecule has 2 atom stereocenters. The van der Waals surface area contributed by atoms with Crippen LogP contribution in [0.3, 0.4) is 0 Å². The lowest BCUT2D eigenvalue weighted by Crippen LogP contribution is -2.60. The number of para-hydroxylation sites is 3. The summed E-state index contributed by atoms with van der Waals surface area (Å²) in [5, 5.41) is 12.1. The molecule has 4 rings (SSSR count). The number of fused-ring (bicyclic) bond motifs is 1. The van der Waals surface area contributed by atoms with E-state index >= 15 is 0 Å². The molecular formula is C22H23N5O3. The lowest BCUT2D eigenvalue weighted by molar-refractivity contribution is 0.0698. The highest BCUT2D eigenvalue weighted by atomic mass is 16.4. The van der Waals surface area contributed by atoms with Crippen molar-refractivity contribution in [1.82, 2.24) is 14.9 Å². The Bertz CT molecular complexity index is 1090. The van der Waals surface area contributed by atoms with Gasteiger partial charge in [0.2, 0.25) is 0 Å². The number of aromatic nitrogens is 2. The van der Waals surface area contributed by atoms with E-state index in [-0.39, 0.29) is 29.4 Å². The molecule has 0 unspecified atom stereocenters. The molecule has 0 aliphatic carbocycles. The smallest absolute Gasteiger partial charge is 0.337 e. The predicted molar refractivity (Wildman–Crippen MR) is 115 cm³/mol. The van der Waals surface area contributed by atoms with Gasteiger partial charge in [-0.25, -0.2) is 14.6 Å². The van der Waals surface area contributed by atoms with Crippen LogP contribution < -0.4 is 10.2 Å². The number of carbonyl (C=O) groups is 2. The van der Waals surface area contributed by atoms with Crippen molar-refractivity contribution >= 4 is 34.5 Å². The minimum Gasteiger partial charge on any atom is -0.478 e. The van der Waals surface area contributed by atoms with E-state index in [9.17, 15) is 14.7 Å². The quantitative estimate of drug-likeness (QED) is 0.692. The fourth-order valence-electron chi connectivity index (χ4n) is 3.97. The van der Waals surface area contributed by atoms with Crippen molar-refractivity contribution in [2.24, 2.45) is 0 Å². The molecule has 1 aliphatic heterocycles. The van der Waals surface area contributed by atoms with Gasteiger partial charge < -0.3 is 20.2 Å². The normalized spacial score (nSPS) is 19.0. The molecule has 1 saturated heterocycles. The number of carboxylic acid groups (broad SMARTS) is 1. The number of hydrogen-bond acceptors (Lipinski definition) is 5. The van der Waals surface area contributed by atoms with Crippen LogP contribution in [0.15, 0.2) is 54.7 Å². The maximum Gasteiger partial charge on any atom is 0.337 e. The van der Waals surface area contributed by atoms with Crippen molar-refractivity contribution in [3.05, 3.63) is 60.3 Å². The average Bonchev–Trinajstić information content (AvgIpc) is 2.73. The van der Waals surface area contributed by atoms with E-state index in [0.29, 0.717) is 13.1 Å². The molecule has 154 valence electrons. The van der Waals surface area contributed by atoms with E-state index in [1.165, 1.54) is 6.07 Å². The molecule has 0 radical (unpaired) electrons. The highest BCUT2D eigenvalue weighted by molar-refractivity contribution is 6.00. The number of aromatic carboxylic acids is 1. The van der Waals surface area contributed by atoms with Crippen molar-refractivity contribution in [3.8, 4) is 0 Å². The van der Waals surface area contributed by atoms with E-state index in [2.05, 4.69) is 15.2 Å². The summed E-state index contributed by atoms with van der Waals surface area (Å²) in [6.45, 7) is 5.15. The number of rotatable bonds is 3. The van der Waals surface area contributed by atoms with Crippen molar-refractivity contribution in [2.75, 3.05) is 23.3 Å². The predicted octanol–water partition coefficient (Wildman–Crippen LogP) is 3.46. The van der Waals surface area contributed by atoms with Crippen molar-refractivity contribution in [2.45, 2.75) is 25.9 Å². The maximum atomic E-state index is 13.0. The molecule has 0 saturated carbocycles.